The van der Waals surface area contributed by atoms with Gasteiger partial charge in [0.05, 0.1) is 10.0 Å². The lowest BCUT2D eigenvalue weighted by Crippen LogP contribution is -2.31. The largest absolute Gasteiger partial charge is 0.378 e. The SMILES string of the molecule is CCN(Cc1ccc(N(C)C)cc1)S(=O)(=O)c1c(Cl)cccc1Cl. The number of rotatable bonds is 6. The van der Waals surface area contributed by atoms with Crippen molar-refractivity contribution >= 4 is 38.9 Å². The maximum Gasteiger partial charge on any atom is 0.246 e. The van der Waals surface area contributed by atoms with Crippen molar-refractivity contribution in [2.24, 2.45) is 0 Å². The van der Waals surface area contributed by atoms with Crippen LogP contribution in [0, 0.1) is 0 Å². The Balaban J connectivity index is 2.33. The first-order valence-electron chi connectivity index (χ1n) is 7.47. The van der Waals surface area contributed by atoms with Crippen molar-refractivity contribution in [1.82, 2.24) is 4.31 Å². The lowest BCUT2D eigenvalue weighted by molar-refractivity contribution is 0.423. The van der Waals surface area contributed by atoms with Crippen LogP contribution in [0.2, 0.25) is 10.0 Å². The lowest BCUT2D eigenvalue weighted by Gasteiger charge is -2.22. The van der Waals surface area contributed by atoms with E-state index in [-0.39, 0.29) is 21.5 Å². The zero-order valence-corrected chi connectivity index (χ0v) is 16.2. The van der Waals surface area contributed by atoms with Gasteiger partial charge in [-0.1, -0.05) is 48.3 Å². The van der Waals surface area contributed by atoms with E-state index in [0.29, 0.717) is 6.54 Å². The molecular formula is C17H20Cl2N2O2S. The van der Waals surface area contributed by atoms with Crippen LogP contribution < -0.4 is 4.90 Å². The van der Waals surface area contributed by atoms with Crippen molar-refractivity contribution in [2.75, 3.05) is 25.5 Å². The second-order valence-electron chi connectivity index (χ2n) is 5.54. The third-order valence-corrected chi connectivity index (χ3v) is 6.56. The van der Waals surface area contributed by atoms with Gasteiger partial charge >= 0.3 is 0 Å². The zero-order chi connectivity index (χ0) is 17.9. The fourth-order valence-corrected chi connectivity index (χ4v) is 4.86. The maximum atomic E-state index is 12.9. The summed E-state index contributed by atoms with van der Waals surface area (Å²) in [7, 11) is 0.133. The average molecular weight is 387 g/mol. The van der Waals surface area contributed by atoms with Gasteiger partial charge in [0.1, 0.15) is 4.90 Å². The quantitative estimate of drug-likeness (QED) is 0.743. The minimum absolute atomic E-state index is 0.0416. The normalized spacial score (nSPS) is 11.8. The summed E-state index contributed by atoms with van der Waals surface area (Å²) in [6.45, 7) is 2.36. The molecule has 2 aromatic carbocycles. The van der Waals surface area contributed by atoms with Crippen LogP contribution >= 0.6 is 23.2 Å². The number of hydrogen-bond donors (Lipinski definition) is 0. The summed E-state index contributed by atoms with van der Waals surface area (Å²) < 4.78 is 27.2. The second-order valence-corrected chi connectivity index (χ2v) is 8.23. The van der Waals surface area contributed by atoms with Crippen molar-refractivity contribution < 1.29 is 8.42 Å². The van der Waals surface area contributed by atoms with Crippen LogP contribution in [-0.2, 0) is 16.6 Å². The molecule has 0 aliphatic rings. The van der Waals surface area contributed by atoms with Crippen LogP contribution in [0.15, 0.2) is 47.4 Å². The number of halogens is 2. The van der Waals surface area contributed by atoms with Gasteiger partial charge in [-0.25, -0.2) is 8.42 Å². The Kier molecular flexibility index (Phi) is 6.15. The highest BCUT2D eigenvalue weighted by Gasteiger charge is 2.28. The molecule has 0 bridgehead atoms. The summed E-state index contributed by atoms with van der Waals surface area (Å²) in [5.74, 6) is 0. The van der Waals surface area contributed by atoms with Crippen LogP contribution in [0.1, 0.15) is 12.5 Å². The van der Waals surface area contributed by atoms with Gasteiger partial charge in [0.25, 0.3) is 0 Å². The summed E-state index contributed by atoms with van der Waals surface area (Å²) in [6.07, 6.45) is 0. The van der Waals surface area contributed by atoms with E-state index in [1.807, 2.05) is 43.3 Å². The van der Waals surface area contributed by atoms with E-state index in [2.05, 4.69) is 0 Å². The van der Waals surface area contributed by atoms with Crippen molar-refractivity contribution in [3.05, 3.63) is 58.1 Å². The van der Waals surface area contributed by atoms with Gasteiger partial charge in [0, 0.05) is 32.9 Å². The molecule has 0 N–H and O–H groups in total. The first-order chi connectivity index (χ1) is 11.3. The Labute approximate surface area is 153 Å². The van der Waals surface area contributed by atoms with E-state index in [0.717, 1.165) is 11.3 Å². The van der Waals surface area contributed by atoms with Crippen LogP contribution in [0.3, 0.4) is 0 Å². The Hall–Kier alpha value is -1.27. The fraction of sp³-hybridized carbons (Fsp3) is 0.294. The molecule has 0 atom stereocenters. The van der Waals surface area contributed by atoms with E-state index in [4.69, 9.17) is 23.2 Å². The average Bonchev–Trinajstić information content (AvgIpc) is 2.52. The van der Waals surface area contributed by atoms with Gasteiger partial charge in [-0.15, -0.1) is 0 Å². The molecule has 0 saturated heterocycles. The van der Waals surface area contributed by atoms with Crippen molar-refractivity contribution in [3.63, 3.8) is 0 Å². The fourth-order valence-electron chi connectivity index (χ4n) is 2.33. The number of nitrogens with zero attached hydrogens (tertiary/aromatic N) is 2. The van der Waals surface area contributed by atoms with Crippen molar-refractivity contribution in [3.8, 4) is 0 Å². The molecule has 130 valence electrons. The van der Waals surface area contributed by atoms with Gasteiger partial charge in [-0.05, 0) is 29.8 Å². The van der Waals surface area contributed by atoms with E-state index in [1.165, 1.54) is 16.4 Å². The monoisotopic (exact) mass is 386 g/mol. The highest BCUT2D eigenvalue weighted by atomic mass is 35.5. The van der Waals surface area contributed by atoms with Crippen molar-refractivity contribution in [2.45, 2.75) is 18.4 Å². The number of sulfonamides is 1. The summed E-state index contributed by atoms with van der Waals surface area (Å²) in [5, 5.41) is 0.257. The molecule has 0 aliphatic heterocycles. The molecule has 0 saturated carbocycles. The molecule has 0 spiro atoms. The molecule has 24 heavy (non-hydrogen) atoms. The molecule has 2 rings (SSSR count). The maximum absolute atomic E-state index is 12.9. The molecule has 7 heteroatoms. The predicted octanol–water partition coefficient (Wildman–Crippen LogP) is 4.27. The highest BCUT2D eigenvalue weighted by Crippen LogP contribution is 2.32. The Morgan fingerprint density at radius 3 is 1.96 bits per heavy atom. The molecule has 0 heterocycles. The minimum Gasteiger partial charge on any atom is -0.378 e. The van der Waals surface area contributed by atoms with Gasteiger partial charge in [0.2, 0.25) is 10.0 Å². The first kappa shape index (κ1) is 19.1. The van der Waals surface area contributed by atoms with Crippen LogP contribution in [0.25, 0.3) is 0 Å². The number of benzene rings is 2. The Morgan fingerprint density at radius 1 is 0.958 bits per heavy atom. The van der Waals surface area contributed by atoms with Gasteiger partial charge in [-0.2, -0.15) is 4.31 Å². The number of anilines is 1. The van der Waals surface area contributed by atoms with E-state index >= 15 is 0 Å². The van der Waals surface area contributed by atoms with Gasteiger partial charge < -0.3 is 4.90 Å². The summed E-state index contributed by atoms with van der Waals surface area (Å²) >= 11 is 12.2. The van der Waals surface area contributed by atoms with Gasteiger partial charge in [-0.3, -0.25) is 0 Å². The third-order valence-electron chi connectivity index (χ3n) is 3.68. The molecule has 0 amide bonds. The summed E-state index contributed by atoms with van der Waals surface area (Å²) in [5.41, 5.74) is 1.95. The molecule has 0 unspecified atom stereocenters. The second kappa shape index (κ2) is 7.74. The topological polar surface area (TPSA) is 40.6 Å². The molecule has 0 fully saturated rings. The number of hydrogen-bond acceptors (Lipinski definition) is 3. The standard InChI is InChI=1S/C17H20Cl2N2O2S/c1-4-21(12-13-8-10-14(11-9-13)20(2)3)24(22,23)17-15(18)6-5-7-16(17)19/h5-11H,4,12H2,1-3H3. The van der Waals surface area contributed by atoms with Crippen LogP contribution in [0.5, 0.6) is 0 Å². The van der Waals surface area contributed by atoms with E-state index in [9.17, 15) is 8.42 Å². The zero-order valence-electron chi connectivity index (χ0n) is 13.8. The molecule has 4 nitrogen and oxygen atoms in total. The van der Waals surface area contributed by atoms with Crippen LogP contribution in [0.4, 0.5) is 5.69 Å². The predicted molar refractivity (Wildman–Crippen MR) is 101 cm³/mol. The Morgan fingerprint density at radius 2 is 1.50 bits per heavy atom. The molecular weight excluding hydrogens is 367 g/mol. The van der Waals surface area contributed by atoms with E-state index in [1.54, 1.807) is 13.0 Å². The van der Waals surface area contributed by atoms with Gasteiger partial charge in [0.15, 0.2) is 0 Å². The minimum atomic E-state index is -3.78. The molecule has 0 radical (unpaired) electrons. The third kappa shape index (κ3) is 4.03. The Bertz CT molecular complexity index is 786. The summed E-state index contributed by atoms with van der Waals surface area (Å²) in [4.78, 5) is 1.95. The van der Waals surface area contributed by atoms with Crippen LogP contribution in [-0.4, -0.2) is 33.4 Å². The molecule has 2 aromatic rings. The lowest BCUT2D eigenvalue weighted by atomic mass is 10.2. The molecule has 0 aliphatic carbocycles. The smallest absolute Gasteiger partial charge is 0.246 e. The summed E-state index contributed by atoms with van der Waals surface area (Å²) in [6, 6.07) is 12.4. The molecule has 0 aromatic heterocycles. The van der Waals surface area contributed by atoms with Crippen molar-refractivity contribution in [1.29, 1.82) is 0 Å². The first-order valence-corrected chi connectivity index (χ1v) is 9.67. The highest BCUT2D eigenvalue weighted by molar-refractivity contribution is 7.89. The van der Waals surface area contributed by atoms with E-state index < -0.39 is 10.0 Å².